The molecular weight excluding hydrogens is 366 g/mol. The lowest BCUT2D eigenvalue weighted by molar-refractivity contribution is 0.490. The van der Waals surface area contributed by atoms with Gasteiger partial charge in [0.2, 0.25) is 0 Å². The van der Waals surface area contributed by atoms with Crippen molar-refractivity contribution in [3.05, 3.63) is 45.5 Å². The maximum atomic E-state index is 6.37. The number of pyridine rings is 1. The van der Waals surface area contributed by atoms with E-state index in [1.807, 2.05) is 19.9 Å². The monoisotopic (exact) mass is 389 g/mol. The molecule has 0 radical (unpaired) electrons. The highest BCUT2D eigenvalue weighted by Crippen LogP contribution is 2.36. The van der Waals surface area contributed by atoms with Crippen LogP contribution in [0.3, 0.4) is 0 Å². The minimum absolute atomic E-state index is 0.107. The molecule has 3 N–H and O–H groups in total. The molecule has 0 aliphatic heterocycles. The van der Waals surface area contributed by atoms with E-state index in [1.165, 1.54) is 17.7 Å². The van der Waals surface area contributed by atoms with Crippen LogP contribution in [0, 0.1) is 29.6 Å². The highest BCUT2D eigenvalue weighted by Gasteiger charge is 2.30. The Labute approximate surface area is 169 Å². The quantitative estimate of drug-likeness (QED) is 0.608. The fourth-order valence-corrected chi connectivity index (χ4v) is 3.98. The molecule has 4 rings (SSSR count). The van der Waals surface area contributed by atoms with Crippen LogP contribution in [0.25, 0.3) is 11.1 Å². The molecule has 0 unspecified atom stereocenters. The van der Waals surface area contributed by atoms with Gasteiger partial charge in [-0.25, -0.2) is 4.98 Å². The Bertz CT molecular complexity index is 1100. The number of anilines is 1. The molecule has 0 spiro atoms. The van der Waals surface area contributed by atoms with E-state index in [0.717, 1.165) is 34.7 Å². The van der Waals surface area contributed by atoms with Crippen LogP contribution < -0.4 is 11.1 Å². The van der Waals surface area contributed by atoms with Crippen LogP contribution >= 0.6 is 11.3 Å². The fraction of sp³-hybridized carbons (Fsp3) is 0.348. The van der Waals surface area contributed by atoms with Crippen LogP contribution in [0.2, 0.25) is 0 Å². The van der Waals surface area contributed by atoms with Gasteiger partial charge in [-0.3, -0.25) is 0 Å². The van der Waals surface area contributed by atoms with Crippen molar-refractivity contribution in [3.8, 4) is 23.7 Å². The number of hydrogen-bond acceptors (Lipinski definition) is 5. The number of hydrogen-bond donors (Lipinski definition) is 2. The normalized spacial score (nSPS) is 14.1. The minimum atomic E-state index is 0.107. The number of nitrogens with zero attached hydrogens (tertiary/aromatic N) is 1. The smallest absolute Gasteiger partial charge is 0.177 e. The number of fused-ring (bicyclic) bond motifs is 1. The van der Waals surface area contributed by atoms with Gasteiger partial charge in [-0.05, 0) is 56.0 Å². The molecule has 1 aliphatic rings. The average molecular weight is 390 g/mol. The molecule has 1 fully saturated rings. The summed E-state index contributed by atoms with van der Waals surface area (Å²) in [7, 11) is 0. The third-order valence-electron chi connectivity index (χ3n) is 4.90. The Balaban J connectivity index is 1.78. The van der Waals surface area contributed by atoms with Gasteiger partial charge >= 0.3 is 0 Å². The zero-order valence-electron chi connectivity index (χ0n) is 16.1. The Morgan fingerprint density at radius 3 is 2.82 bits per heavy atom. The lowest BCUT2D eigenvalue weighted by Crippen LogP contribution is -2.25. The Hall–Kier alpha value is -2.73. The van der Waals surface area contributed by atoms with Crippen LogP contribution in [0.15, 0.2) is 28.0 Å². The zero-order chi connectivity index (χ0) is 19.5. The highest BCUT2D eigenvalue weighted by atomic mass is 32.1. The molecule has 3 aromatic rings. The Morgan fingerprint density at radius 1 is 1.32 bits per heavy atom. The second kappa shape index (κ2) is 8.10. The van der Waals surface area contributed by atoms with E-state index in [2.05, 4.69) is 46.5 Å². The van der Waals surface area contributed by atoms with E-state index in [9.17, 15) is 0 Å². The summed E-state index contributed by atoms with van der Waals surface area (Å²) in [5.74, 6) is 13.6. The number of aromatic nitrogens is 1. The number of nitrogens with two attached hydrogens (primary N) is 1. The minimum Gasteiger partial charge on any atom is -0.456 e. The van der Waals surface area contributed by atoms with E-state index in [1.54, 1.807) is 11.3 Å². The van der Waals surface area contributed by atoms with Gasteiger partial charge in [0.15, 0.2) is 5.58 Å². The summed E-state index contributed by atoms with van der Waals surface area (Å²) >= 11 is 1.72. The van der Waals surface area contributed by atoms with Gasteiger partial charge in [-0.1, -0.05) is 17.9 Å². The average Bonchev–Trinajstić information content (AvgIpc) is 3.31. The van der Waals surface area contributed by atoms with Gasteiger partial charge in [0, 0.05) is 23.9 Å². The van der Waals surface area contributed by atoms with E-state index >= 15 is 0 Å². The highest BCUT2D eigenvalue weighted by molar-refractivity contribution is 7.09. The SMILES string of the molecule is CC#Cc1cc(NCc2cccs2)c2oc(C[C@@H](N)C3CC3)c(C#CC)c2n1. The maximum Gasteiger partial charge on any atom is 0.177 e. The van der Waals surface area contributed by atoms with E-state index in [4.69, 9.17) is 15.1 Å². The van der Waals surface area contributed by atoms with Gasteiger partial charge in [0.25, 0.3) is 0 Å². The van der Waals surface area contributed by atoms with Gasteiger partial charge in [-0.15, -0.1) is 17.3 Å². The zero-order valence-corrected chi connectivity index (χ0v) is 17.0. The van der Waals surface area contributed by atoms with Crippen molar-refractivity contribution in [1.82, 2.24) is 4.98 Å². The second-order valence-electron chi connectivity index (χ2n) is 7.02. The van der Waals surface area contributed by atoms with Crippen molar-refractivity contribution >= 4 is 28.1 Å². The first kappa shape index (κ1) is 18.6. The van der Waals surface area contributed by atoms with Crippen molar-refractivity contribution in [3.63, 3.8) is 0 Å². The molecular formula is C23H23N3OS. The first-order valence-corrected chi connectivity index (χ1v) is 10.4. The van der Waals surface area contributed by atoms with Crippen LogP contribution in [0.5, 0.6) is 0 Å². The van der Waals surface area contributed by atoms with Crippen molar-refractivity contribution in [2.45, 2.75) is 45.7 Å². The summed E-state index contributed by atoms with van der Waals surface area (Å²) in [5, 5.41) is 5.57. The van der Waals surface area contributed by atoms with Crippen molar-refractivity contribution < 1.29 is 4.42 Å². The standard InChI is InChI=1S/C23H23N3OS/c1-3-6-16-12-20(25-14-17-8-5-11-28-17)23-22(26-16)18(7-4-2)21(27-23)13-19(24)15-9-10-15/h5,8,11-12,15,19H,9-10,13-14,24H2,1-2H3,(H,25,26)/t19-/m1/s1. The molecule has 1 aliphatic carbocycles. The summed E-state index contributed by atoms with van der Waals surface area (Å²) in [4.78, 5) is 5.98. The Morgan fingerprint density at radius 2 is 2.14 bits per heavy atom. The van der Waals surface area contributed by atoms with Crippen molar-refractivity contribution in [2.24, 2.45) is 11.7 Å². The maximum absolute atomic E-state index is 6.37. The van der Waals surface area contributed by atoms with Gasteiger partial charge < -0.3 is 15.5 Å². The molecule has 0 saturated heterocycles. The Kier molecular flexibility index (Phi) is 5.39. The molecule has 4 nitrogen and oxygen atoms in total. The summed E-state index contributed by atoms with van der Waals surface area (Å²) in [6.45, 7) is 4.37. The van der Waals surface area contributed by atoms with Crippen molar-refractivity contribution in [1.29, 1.82) is 0 Å². The molecule has 3 aromatic heterocycles. The molecule has 142 valence electrons. The molecule has 1 saturated carbocycles. The van der Waals surface area contributed by atoms with Crippen LogP contribution in [0.1, 0.15) is 48.6 Å². The first-order valence-electron chi connectivity index (χ1n) is 9.53. The number of nitrogens with one attached hydrogen (secondary N) is 1. The summed E-state index contributed by atoms with van der Waals surface area (Å²) in [6.07, 6.45) is 3.10. The van der Waals surface area contributed by atoms with E-state index < -0.39 is 0 Å². The molecule has 3 heterocycles. The van der Waals surface area contributed by atoms with E-state index in [-0.39, 0.29) is 6.04 Å². The van der Waals surface area contributed by atoms with Gasteiger partial charge in [-0.2, -0.15) is 0 Å². The predicted octanol–water partition coefficient (Wildman–Crippen LogP) is 4.52. The first-order chi connectivity index (χ1) is 13.7. The molecule has 0 amide bonds. The largest absolute Gasteiger partial charge is 0.456 e. The summed E-state index contributed by atoms with van der Waals surface area (Å²) < 4.78 is 6.28. The molecule has 0 bridgehead atoms. The molecule has 28 heavy (non-hydrogen) atoms. The lowest BCUT2D eigenvalue weighted by atomic mass is 10.0. The van der Waals surface area contributed by atoms with Gasteiger partial charge in [0.1, 0.15) is 17.0 Å². The van der Waals surface area contributed by atoms with Crippen LogP contribution in [0.4, 0.5) is 5.69 Å². The summed E-state index contributed by atoms with van der Waals surface area (Å²) in [5.41, 5.74) is 10.3. The third kappa shape index (κ3) is 3.92. The predicted molar refractivity (Wildman–Crippen MR) is 115 cm³/mol. The number of rotatable bonds is 6. The lowest BCUT2D eigenvalue weighted by Gasteiger charge is -2.07. The third-order valence-corrected chi connectivity index (χ3v) is 5.78. The number of thiophene rings is 1. The van der Waals surface area contributed by atoms with E-state index in [0.29, 0.717) is 18.0 Å². The van der Waals surface area contributed by atoms with Gasteiger partial charge in [0.05, 0.1) is 11.3 Å². The molecule has 1 atom stereocenters. The second-order valence-corrected chi connectivity index (χ2v) is 8.05. The summed E-state index contributed by atoms with van der Waals surface area (Å²) in [6, 6.07) is 6.22. The molecule has 0 aromatic carbocycles. The number of furan rings is 1. The fourth-order valence-electron chi connectivity index (χ4n) is 3.33. The van der Waals surface area contributed by atoms with Crippen LogP contribution in [-0.2, 0) is 13.0 Å². The van der Waals surface area contributed by atoms with Crippen LogP contribution in [-0.4, -0.2) is 11.0 Å². The van der Waals surface area contributed by atoms with Crippen molar-refractivity contribution in [2.75, 3.05) is 5.32 Å². The topological polar surface area (TPSA) is 64.1 Å². The molecule has 5 heteroatoms.